The van der Waals surface area contributed by atoms with Crippen LogP contribution in [0.1, 0.15) is 31.5 Å². The van der Waals surface area contributed by atoms with Gasteiger partial charge in [-0.1, -0.05) is 0 Å². The molecule has 0 spiro atoms. The van der Waals surface area contributed by atoms with E-state index in [-0.39, 0.29) is 5.82 Å². The van der Waals surface area contributed by atoms with E-state index in [0.717, 1.165) is 0 Å². The predicted molar refractivity (Wildman–Crippen MR) is 48.1 cm³/mol. The maximum Gasteiger partial charge on any atom is 0.396 e. The average molecular weight is 222 g/mol. The summed E-state index contributed by atoms with van der Waals surface area (Å²) in [5, 5.41) is 7.17. The third-order valence-electron chi connectivity index (χ3n) is 1.94. The molecule has 0 radical (unpaired) electrons. The molecule has 1 aromatic heterocycles. The number of nitrogens with two attached hydrogens (primary N) is 1. The molecule has 7 heteroatoms. The summed E-state index contributed by atoms with van der Waals surface area (Å²) >= 11 is 0. The topological polar surface area (TPSA) is 56.7 Å². The van der Waals surface area contributed by atoms with Gasteiger partial charge >= 0.3 is 6.18 Å². The summed E-state index contributed by atoms with van der Waals surface area (Å²) in [5.41, 5.74) is 5.56. The summed E-state index contributed by atoms with van der Waals surface area (Å²) in [6, 6.07) is -0.417. The van der Waals surface area contributed by atoms with Crippen molar-refractivity contribution < 1.29 is 13.2 Å². The Balaban J connectivity index is 2.99. The maximum absolute atomic E-state index is 12.2. The molecule has 0 aromatic carbocycles. The van der Waals surface area contributed by atoms with E-state index in [0.29, 0.717) is 12.4 Å². The van der Waals surface area contributed by atoms with Gasteiger partial charge in [0.25, 0.3) is 0 Å². The van der Waals surface area contributed by atoms with Crippen LogP contribution in [0.4, 0.5) is 13.2 Å². The smallest absolute Gasteiger partial charge is 0.322 e. The standard InChI is InChI=1S/C8H13F3N4/c1-3-15-6(4-8(9,10)11)13-14-7(15)5(2)12/h5H,3-4,12H2,1-2H3/t5-/m1/s1. The van der Waals surface area contributed by atoms with E-state index in [1.807, 2.05) is 0 Å². The minimum atomic E-state index is -4.27. The van der Waals surface area contributed by atoms with Crippen molar-refractivity contribution >= 4 is 0 Å². The lowest BCUT2D eigenvalue weighted by Crippen LogP contribution is -2.19. The third-order valence-corrected chi connectivity index (χ3v) is 1.94. The van der Waals surface area contributed by atoms with Crippen LogP contribution >= 0.6 is 0 Å². The van der Waals surface area contributed by atoms with Gasteiger partial charge in [0.2, 0.25) is 0 Å². The molecule has 1 rings (SSSR count). The fraction of sp³-hybridized carbons (Fsp3) is 0.750. The van der Waals surface area contributed by atoms with Crippen molar-refractivity contribution in [3.63, 3.8) is 0 Å². The summed E-state index contributed by atoms with van der Waals surface area (Å²) in [6.07, 6.45) is -5.34. The van der Waals surface area contributed by atoms with Crippen LogP contribution in [-0.2, 0) is 13.0 Å². The van der Waals surface area contributed by atoms with Crippen LogP contribution in [0.2, 0.25) is 0 Å². The van der Waals surface area contributed by atoms with Crippen molar-refractivity contribution in [2.75, 3.05) is 0 Å². The van der Waals surface area contributed by atoms with Gasteiger partial charge in [-0.25, -0.2) is 0 Å². The molecule has 1 heterocycles. The van der Waals surface area contributed by atoms with Crippen molar-refractivity contribution in [1.82, 2.24) is 14.8 Å². The van der Waals surface area contributed by atoms with E-state index >= 15 is 0 Å². The van der Waals surface area contributed by atoms with Crippen molar-refractivity contribution in [3.8, 4) is 0 Å². The molecule has 1 atom stereocenters. The van der Waals surface area contributed by atoms with Gasteiger partial charge in [0.05, 0.1) is 6.04 Å². The van der Waals surface area contributed by atoms with Crippen LogP contribution in [0.15, 0.2) is 0 Å². The number of halogens is 3. The first-order valence-corrected chi connectivity index (χ1v) is 4.59. The van der Waals surface area contributed by atoms with Gasteiger partial charge in [0.15, 0.2) is 0 Å². The molecule has 0 aliphatic rings. The zero-order valence-corrected chi connectivity index (χ0v) is 8.54. The molecule has 4 nitrogen and oxygen atoms in total. The number of alkyl halides is 3. The zero-order chi connectivity index (χ0) is 11.6. The second-order valence-electron chi connectivity index (χ2n) is 3.30. The Morgan fingerprint density at radius 3 is 2.40 bits per heavy atom. The number of hydrogen-bond acceptors (Lipinski definition) is 3. The molecule has 1 aromatic rings. The first-order chi connectivity index (χ1) is 6.85. The minimum Gasteiger partial charge on any atom is -0.322 e. The molecule has 0 aliphatic heterocycles. The van der Waals surface area contributed by atoms with Crippen LogP contribution in [0.3, 0.4) is 0 Å². The first kappa shape index (κ1) is 12.0. The number of nitrogens with zero attached hydrogens (tertiary/aromatic N) is 3. The molecule has 15 heavy (non-hydrogen) atoms. The van der Waals surface area contributed by atoms with Crippen molar-refractivity contribution in [3.05, 3.63) is 11.6 Å². The summed E-state index contributed by atoms with van der Waals surface area (Å²) in [5.74, 6) is 0.300. The van der Waals surface area contributed by atoms with Crippen molar-refractivity contribution in [2.24, 2.45) is 5.73 Å². The van der Waals surface area contributed by atoms with E-state index in [1.165, 1.54) is 4.57 Å². The second-order valence-corrected chi connectivity index (χ2v) is 3.30. The SMILES string of the molecule is CCn1c(CC(F)(F)F)nnc1[C@@H](C)N. The van der Waals surface area contributed by atoms with Crippen molar-refractivity contribution in [1.29, 1.82) is 0 Å². The zero-order valence-electron chi connectivity index (χ0n) is 8.54. The number of rotatable bonds is 3. The van der Waals surface area contributed by atoms with Crippen LogP contribution in [0.25, 0.3) is 0 Å². The molecule has 0 aliphatic carbocycles. The van der Waals surface area contributed by atoms with Crippen LogP contribution in [-0.4, -0.2) is 20.9 Å². The lowest BCUT2D eigenvalue weighted by Gasteiger charge is -2.10. The minimum absolute atomic E-state index is 0.0858. The summed E-state index contributed by atoms with van der Waals surface area (Å²) in [6.45, 7) is 3.78. The Hall–Kier alpha value is -1.11. The quantitative estimate of drug-likeness (QED) is 0.841. The lowest BCUT2D eigenvalue weighted by molar-refractivity contribution is -0.129. The molecule has 0 bridgehead atoms. The van der Waals surface area contributed by atoms with Crippen LogP contribution in [0.5, 0.6) is 0 Å². The molecule has 0 fully saturated rings. The average Bonchev–Trinajstić information content (AvgIpc) is 2.44. The van der Waals surface area contributed by atoms with Gasteiger partial charge in [0.1, 0.15) is 18.1 Å². The van der Waals surface area contributed by atoms with E-state index in [9.17, 15) is 13.2 Å². The molecule has 0 saturated carbocycles. The largest absolute Gasteiger partial charge is 0.396 e. The van der Waals surface area contributed by atoms with Gasteiger partial charge in [0, 0.05) is 6.54 Å². The van der Waals surface area contributed by atoms with Gasteiger partial charge in [-0.05, 0) is 13.8 Å². The highest BCUT2D eigenvalue weighted by Gasteiger charge is 2.31. The Morgan fingerprint density at radius 1 is 1.40 bits per heavy atom. The van der Waals surface area contributed by atoms with E-state index in [4.69, 9.17) is 5.73 Å². The molecule has 2 N–H and O–H groups in total. The Bertz CT molecular complexity index is 329. The van der Waals surface area contributed by atoms with Gasteiger partial charge in [-0.15, -0.1) is 10.2 Å². The van der Waals surface area contributed by atoms with Gasteiger partial charge < -0.3 is 10.3 Å². The highest BCUT2D eigenvalue weighted by Crippen LogP contribution is 2.21. The summed E-state index contributed by atoms with van der Waals surface area (Å²) in [4.78, 5) is 0. The Morgan fingerprint density at radius 2 is 2.00 bits per heavy atom. The fourth-order valence-electron chi connectivity index (χ4n) is 1.34. The van der Waals surface area contributed by atoms with E-state index in [2.05, 4.69) is 10.2 Å². The Kier molecular flexibility index (Phi) is 3.33. The highest BCUT2D eigenvalue weighted by molar-refractivity contribution is 5.00. The summed E-state index contributed by atoms with van der Waals surface area (Å²) in [7, 11) is 0. The third kappa shape index (κ3) is 2.92. The Labute approximate surface area is 85.3 Å². The maximum atomic E-state index is 12.2. The molecular formula is C8H13F3N4. The van der Waals surface area contributed by atoms with Gasteiger partial charge in [-0.3, -0.25) is 0 Å². The number of hydrogen-bond donors (Lipinski definition) is 1. The second kappa shape index (κ2) is 4.18. The molecule has 86 valence electrons. The highest BCUT2D eigenvalue weighted by atomic mass is 19.4. The molecule has 0 unspecified atom stereocenters. The number of aromatic nitrogens is 3. The predicted octanol–water partition coefficient (Wildman–Crippen LogP) is 1.42. The van der Waals surface area contributed by atoms with Gasteiger partial charge in [-0.2, -0.15) is 13.2 Å². The lowest BCUT2D eigenvalue weighted by atomic mass is 10.3. The summed E-state index contributed by atoms with van der Waals surface area (Å²) < 4.78 is 37.9. The fourth-order valence-corrected chi connectivity index (χ4v) is 1.34. The van der Waals surface area contributed by atoms with Crippen molar-refractivity contribution in [2.45, 2.75) is 39.0 Å². The van der Waals surface area contributed by atoms with E-state index in [1.54, 1.807) is 13.8 Å². The van der Waals surface area contributed by atoms with Crippen LogP contribution < -0.4 is 5.73 Å². The first-order valence-electron chi connectivity index (χ1n) is 4.59. The monoisotopic (exact) mass is 222 g/mol. The molecule has 0 saturated heterocycles. The normalized spacial score (nSPS) is 14.3. The molecule has 0 amide bonds. The van der Waals surface area contributed by atoms with E-state index < -0.39 is 18.6 Å². The van der Waals surface area contributed by atoms with Crippen LogP contribution in [0, 0.1) is 0 Å². The molecular weight excluding hydrogens is 209 g/mol.